The molecule has 0 fully saturated rings. The summed E-state index contributed by atoms with van der Waals surface area (Å²) in [5, 5.41) is 34.7. The highest BCUT2D eigenvalue weighted by Gasteiger charge is 2.28. The molecule has 0 aromatic heterocycles. The minimum Gasteiger partial charge on any atom is -0.506 e. The van der Waals surface area contributed by atoms with Gasteiger partial charge in [0, 0.05) is 17.1 Å². The zero-order chi connectivity index (χ0) is 18.4. The van der Waals surface area contributed by atoms with Crippen molar-refractivity contribution < 1.29 is 20.1 Å². The van der Waals surface area contributed by atoms with E-state index in [1.165, 1.54) is 6.07 Å². The van der Waals surface area contributed by atoms with E-state index in [-0.39, 0.29) is 17.2 Å². The van der Waals surface area contributed by atoms with Gasteiger partial charge in [0.25, 0.3) is 0 Å². The van der Waals surface area contributed by atoms with Crippen molar-refractivity contribution in [2.45, 2.75) is 25.9 Å². The maximum atomic E-state index is 11.7. The molecule has 4 nitrogen and oxygen atoms in total. The lowest BCUT2D eigenvalue weighted by atomic mass is 9.82. The van der Waals surface area contributed by atoms with Crippen LogP contribution >= 0.6 is 0 Å². The molecular weight excluding hydrogens is 328 g/mol. The summed E-state index contributed by atoms with van der Waals surface area (Å²) >= 11 is 0. The number of aliphatic hydroxyl groups is 1. The summed E-state index contributed by atoms with van der Waals surface area (Å²) in [6.07, 6.45) is 6.83. The number of rotatable bonds is 2. The van der Waals surface area contributed by atoms with E-state index in [9.17, 15) is 20.1 Å². The molecule has 2 aromatic rings. The molecule has 2 aromatic carbocycles. The van der Waals surface area contributed by atoms with Crippen molar-refractivity contribution in [3.05, 3.63) is 62.3 Å². The predicted molar refractivity (Wildman–Crippen MR) is 100 cm³/mol. The first-order valence-electron chi connectivity index (χ1n) is 8.78. The fraction of sp³-hybridized carbons (Fsp3) is 0.227. The zero-order valence-corrected chi connectivity index (χ0v) is 14.4. The quantitative estimate of drug-likeness (QED) is 0.736. The lowest BCUT2D eigenvalue weighted by molar-refractivity contribution is 0.0693. The van der Waals surface area contributed by atoms with Crippen LogP contribution in [0.25, 0.3) is 23.8 Å². The molecule has 2 unspecified atom stereocenters. The van der Waals surface area contributed by atoms with Crippen molar-refractivity contribution >= 4 is 29.8 Å². The van der Waals surface area contributed by atoms with Gasteiger partial charge in [-0.3, -0.25) is 0 Å². The van der Waals surface area contributed by atoms with Gasteiger partial charge in [0.1, 0.15) is 11.3 Å². The van der Waals surface area contributed by atoms with Crippen molar-refractivity contribution in [3.8, 4) is 5.75 Å². The number of carboxylic acids is 1. The predicted octanol–water partition coefficient (Wildman–Crippen LogP) is 0.435. The van der Waals surface area contributed by atoms with Gasteiger partial charge in [-0.1, -0.05) is 49.4 Å². The number of carboxylic acid groups (broad SMARTS) is 1. The van der Waals surface area contributed by atoms with E-state index in [2.05, 4.69) is 0 Å². The van der Waals surface area contributed by atoms with Gasteiger partial charge in [-0.25, -0.2) is 4.79 Å². The fourth-order valence-corrected chi connectivity index (χ4v) is 3.97. The van der Waals surface area contributed by atoms with Crippen LogP contribution in [0.5, 0.6) is 5.75 Å². The number of aromatic hydroxyl groups is 1. The molecule has 132 valence electrons. The van der Waals surface area contributed by atoms with Crippen molar-refractivity contribution in [1.82, 2.24) is 0 Å². The molecular formula is C22H20O4. The molecule has 2 atom stereocenters. The van der Waals surface area contributed by atoms with Crippen LogP contribution < -0.4 is 20.9 Å². The molecule has 3 N–H and O–H groups in total. The van der Waals surface area contributed by atoms with Crippen molar-refractivity contribution in [1.29, 1.82) is 0 Å². The minimum atomic E-state index is -1.18. The van der Waals surface area contributed by atoms with Gasteiger partial charge < -0.3 is 15.3 Å². The minimum absolute atomic E-state index is 0.135. The van der Waals surface area contributed by atoms with Crippen LogP contribution in [0.15, 0.2) is 30.3 Å². The van der Waals surface area contributed by atoms with Gasteiger partial charge in [-0.15, -0.1) is 0 Å². The SMILES string of the molecule is CC1C=c2ccccc2=C(c2c(O)c(C(=O)O)cc3c2=CCCC=3)C1O. The van der Waals surface area contributed by atoms with Gasteiger partial charge in [0.05, 0.1) is 6.10 Å². The van der Waals surface area contributed by atoms with E-state index in [0.717, 1.165) is 33.7 Å². The second-order valence-corrected chi connectivity index (χ2v) is 6.91. The number of aromatic carboxylic acids is 1. The molecule has 26 heavy (non-hydrogen) atoms. The molecule has 0 spiro atoms. The maximum Gasteiger partial charge on any atom is 0.339 e. The average Bonchev–Trinajstić information content (AvgIpc) is 2.63. The van der Waals surface area contributed by atoms with Crippen LogP contribution in [0, 0.1) is 5.92 Å². The van der Waals surface area contributed by atoms with Gasteiger partial charge in [0.15, 0.2) is 0 Å². The Kier molecular flexibility index (Phi) is 3.93. The highest BCUT2D eigenvalue weighted by molar-refractivity contribution is 5.94. The number of phenols is 1. The normalized spacial score (nSPS) is 20.9. The summed E-state index contributed by atoms with van der Waals surface area (Å²) in [7, 11) is 0. The van der Waals surface area contributed by atoms with E-state index in [1.54, 1.807) is 0 Å². The topological polar surface area (TPSA) is 77.8 Å². The van der Waals surface area contributed by atoms with Gasteiger partial charge in [-0.2, -0.15) is 0 Å². The average molecular weight is 348 g/mol. The van der Waals surface area contributed by atoms with Crippen LogP contribution in [0.4, 0.5) is 0 Å². The van der Waals surface area contributed by atoms with E-state index < -0.39 is 12.1 Å². The molecule has 0 saturated carbocycles. The first-order chi connectivity index (χ1) is 12.5. The van der Waals surface area contributed by atoms with Crippen LogP contribution in [-0.2, 0) is 0 Å². The highest BCUT2D eigenvalue weighted by Crippen LogP contribution is 2.29. The Morgan fingerprint density at radius 2 is 1.85 bits per heavy atom. The van der Waals surface area contributed by atoms with Crippen LogP contribution in [0.2, 0.25) is 0 Å². The highest BCUT2D eigenvalue weighted by atomic mass is 16.4. The molecule has 2 aliphatic rings. The fourth-order valence-electron chi connectivity index (χ4n) is 3.97. The smallest absolute Gasteiger partial charge is 0.339 e. The lowest BCUT2D eigenvalue weighted by Gasteiger charge is -2.25. The zero-order valence-electron chi connectivity index (χ0n) is 14.4. The van der Waals surface area contributed by atoms with Gasteiger partial charge in [-0.05, 0) is 39.8 Å². The number of hydrogen-bond donors (Lipinski definition) is 3. The molecule has 0 aliphatic heterocycles. The Morgan fingerprint density at radius 1 is 1.12 bits per heavy atom. The van der Waals surface area contributed by atoms with Crippen molar-refractivity contribution in [2.75, 3.05) is 0 Å². The second-order valence-electron chi connectivity index (χ2n) is 6.91. The standard InChI is InChI=1S/C22H20O4/c1-12-10-13-6-2-4-8-15(13)18(20(12)23)19-16-9-5-3-7-14(16)11-17(21(19)24)22(25)26/h2,4,6-12,20,23-24H,3,5H2,1H3,(H,25,26). The Labute approximate surface area is 150 Å². The van der Waals surface area contributed by atoms with Gasteiger partial charge >= 0.3 is 5.97 Å². The number of benzene rings is 2. The largest absolute Gasteiger partial charge is 0.506 e. The Bertz CT molecular complexity index is 1160. The third-order valence-electron chi connectivity index (χ3n) is 5.24. The Morgan fingerprint density at radius 3 is 2.62 bits per heavy atom. The third kappa shape index (κ3) is 2.45. The van der Waals surface area contributed by atoms with Gasteiger partial charge in [0.2, 0.25) is 0 Å². The molecule has 0 saturated heterocycles. The number of fused-ring (bicyclic) bond motifs is 2. The van der Waals surface area contributed by atoms with E-state index >= 15 is 0 Å². The summed E-state index contributed by atoms with van der Waals surface area (Å²) in [5.41, 5.74) is 0.902. The molecule has 4 rings (SSSR count). The monoisotopic (exact) mass is 348 g/mol. The number of aliphatic hydroxyl groups excluding tert-OH is 1. The van der Waals surface area contributed by atoms with Crippen molar-refractivity contribution in [3.63, 3.8) is 0 Å². The van der Waals surface area contributed by atoms with E-state index in [4.69, 9.17) is 0 Å². The number of carbonyl (C=O) groups is 1. The van der Waals surface area contributed by atoms with Crippen LogP contribution in [0.1, 0.15) is 35.7 Å². The summed E-state index contributed by atoms with van der Waals surface area (Å²) in [4.78, 5) is 11.7. The first-order valence-corrected chi connectivity index (χ1v) is 8.78. The lowest BCUT2D eigenvalue weighted by Crippen LogP contribution is -2.42. The summed E-state index contributed by atoms with van der Waals surface area (Å²) in [6.45, 7) is 1.92. The summed E-state index contributed by atoms with van der Waals surface area (Å²) in [5.74, 6) is -1.60. The van der Waals surface area contributed by atoms with Crippen molar-refractivity contribution in [2.24, 2.45) is 5.92 Å². The molecule has 0 radical (unpaired) electrons. The molecule has 0 amide bonds. The summed E-state index contributed by atoms with van der Waals surface area (Å²) < 4.78 is 0. The van der Waals surface area contributed by atoms with E-state index in [1.807, 2.05) is 49.4 Å². The van der Waals surface area contributed by atoms with E-state index in [0.29, 0.717) is 11.1 Å². The molecule has 0 heterocycles. The first kappa shape index (κ1) is 16.6. The third-order valence-corrected chi connectivity index (χ3v) is 5.24. The molecule has 2 aliphatic carbocycles. The molecule has 0 bridgehead atoms. The summed E-state index contributed by atoms with van der Waals surface area (Å²) in [6, 6.07) is 9.21. The van der Waals surface area contributed by atoms with Crippen LogP contribution in [-0.4, -0.2) is 27.4 Å². The number of hydrogen-bond acceptors (Lipinski definition) is 3. The maximum absolute atomic E-state index is 11.7. The Hall–Kier alpha value is -2.85. The van der Waals surface area contributed by atoms with Crippen LogP contribution in [0.3, 0.4) is 0 Å². The second kappa shape index (κ2) is 6.15. The Balaban J connectivity index is 2.24. The molecule has 4 heteroatoms.